The molecule has 6 heteroatoms. The number of halogens is 1. The summed E-state index contributed by atoms with van der Waals surface area (Å²) in [4.78, 5) is 24.3. The molecule has 1 aliphatic rings. The molecule has 1 fully saturated rings. The molecule has 0 aromatic heterocycles. The first-order valence-electron chi connectivity index (χ1n) is 8.27. The SMILES string of the molecule is CCOC(=O)C[C@@H]1CCN(C(=O)O)C(Cc2ccc(C)cc2)[C@@H]1F. The average molecular weight is 337 g/mol. The van der Waals surface area contributed by atoms with E-state index in [1.54, 1.807) is 6.92 Å². The van der Waals surface area contributed by atoms with E-state index in [9.17, 15) is 19.1 Å². The zero-order valence-electron chi connectivity index (χ0n) is 14.1. The van der Waals surface area contributed by atoms with Crippen molar-refractivity contribution in [1.82, 2.24) is 4.90 Å². The van der Waals surface area contributed by atoms with Crippen LogP contribution in [0.25, 0.3) is 0 Å². The number of amides is 1. The maximum atomic E-state index is 15.0. The van der Waals surface area contributed by atoms with E-state index in [1.165, 1.54) is 0 Å². The smallest absolute Gasteiger partial charge is 0.407 e. The van der Waals surface area contributed by atoms with Crippen LogP contribution in [-0.4, -0.2) is 47.4 Å². The van der Waals surface area contributed by atoms with E-state index in [1.807, 2.05) is 31.2 Å². The summed E-state index contributed by atoms with van der Waals surface area (Å²) in [5.41, 5.74) is 1.98. The van der Waals surface area contributed by atoms with Crippen LogP contribution in [0.1, 0.15) is 30.9 Å². The number of esters is 1. The molecule has 3 atom stereocenters. The van der Waals surface area contributed by atoms with Crippen molar-refractivity contribution in [1.29, 1.82) is 0 Å². The fraction of sp³-hybridized carbons (Fsp3) is 0.556. The van der Waals surface area contributed by atoms with Gasteiger partial charge in [0, 0.05) is 12.5 Å². The Morgan fingerprint density at radius 1 is 1.33 bits per heavy atom. The Hall–Kier alpha value is -2.11. The highest BCUT2D eigenvalue weighted by molar-refractivity contribution is 5.70. The molecule has 24 heavy (non-hydrogen) atoms. The number of hydrogen-bond donors (Lipinski definition) is 1. The van der Waals surface area contributed by atoms with Crippen LogP contribution in [0.3, 0.4) is 0 Å². The second kappa shape index (κ2) is 8.13. The van der Waals surface area contributed by atoms with Crippen molar-refractivity contribution in [2.24, 2.45) is 5.92 Å². The quantitative estimate of drug-likeness (QED) is 0.838. The zero-order valence-corrected chi connectivity index (χ0v) is 14.1. The van der Waals surface area contributed by atoms with Crippen molar-refractivity contribution in [3.05, 3.63) is 35.4 Å². The van der Waals surface area contributed by atoms with Gasteiger partial charge in [-0.3, -0.25) is 4.79 Å². The summed E-state index contributed by atoms with van der Waals surface area (Å²) < 4.78 is 19.9. The van der Waals surface area contributed by atoms with Gasteiger partial charge < -0.3 is 14.7 Å². The number of aryl methyl sites for hydroxylation is 1. The van der Waals surface area contributed by atoms with E-state index in [-0.39, 0.29) is 19.6 Å². The summed E-state index contributed by atoms with van der Waals surface area (Å²) in [5, 5.41) is 9.37. The lowest BCUT2D eigenvalue weighted by molar-refractivity contribution is -0.145. The maximum Gasteiger partial charge on any atom is 0.407 e. The van der Waals surface area contributed by atoms with E-state index < -0.39 is 30.2 Å². The highest BCUT2D eigenvalue weighted by Crippen LogP contribution is 2.31. The largest absolute Gasteiger partial charge is 0.466 e. The summed E-state index contributed by atoms with van der Waals surface area (Å²) >= 11 is 0. The van der Waals surface area contributed by atoms with Gasteiger partial charge in [-0.05, 0) is 32.3 Å². The molecule has 132 valence electrons. The van der Waals surface area contributed by atoms with Gasteiger partial charge in [0.2, 0.25) is 0 Å². The lowest BCUT2D eigenvalue weighted by Crippen LogP contribution is -2.54. The second-order valence-electron chi connectivity index (χ2n) is 6.24. The number of rotatable bonds is 5. The van der Waals surface area contributed by atoms with Crippen molar-refractivity contribution in [2.45, 2.75) is 45.3 Å². The number of alkyl halides is 1. The number of carbonyl (C=O) groups excluding carboxylic acids is 1. The van der Waals surface area contributed by atoms with E-state index in [0.29, 0.717) is 12.8 Å². The van der Waals surface area contributed by atoms with Crippen molar-refractivity contribution in [2.75, 3.05) is 13.2 Å². The lowest BCUT2D eigenvalue weighted by atomic mass is 9.84. The van der Waals surface area contributed by atoms with Crippen molar-refractivity contribution < 1.29 is 23.8 Å². The van der Waals surface area contributed by atoms with Crippen LogP contribution in [0.2, 0.25) is 0 Å². The number of hydrogen-bond acceptors (Lipinski definition) is 3. The minimum absolute atomic E-state index is 0.00708. The Morgan fingerprint density at radius 3 is 2.58 bits per heavy atom. The van der Waals surface area contributed by atoms with Crippen LogP contribution >= 0.6 is 0 Å². The van der Waals surface area contributed by atoms with Gasteiger partial charge in [-0.25, -0.2) is 9.18 Å². The van der Waals surface area contributed by atoms with Gasteiger partial charge in [-0.2, -0.15) is 0 Å². The first kappa shape index (κ1) is 18.2. The van der Waals surface area contributed by atoms with Gasteiger partial charge in [0.15, 0.2) is 0 Å². The highest BCUT2D eigenvalue weighted by atomic mass is 19.1. The van der Waals surface area contributed by atoms with Crippen LogP contribution in [-0.2, 0) is 16.0 Å². The molecular formula is C18H24FNO4. The third-order valence-corrected chi connectivity index (χ3v) is 4.50. The first-order valence-corrected chi connectivity index (χ1v) is 8.27. The topological polar surface area (TPSA) is 66.8 Å². The Labute approximate surface area is 141 Å². The van der Waals surface area contributed by atoms with Gasteiger partial charge in [0.25, 0.3) is 0 Å². The van der Waals surface area contributed by atoms with Gasteiger partial charge in [0.05, 0.1) is 19.1 Å². The summed E-state index contributed by atoms with van der Waals surface area (Å²) in [6.07, 6.45) is -1.89. The third-order valence-electron chi connectivity index (χ3n) is 4.50. The lowest BCUT2D eigenvalue weighted by Gasteiger charge is -2.40. The van der Waals surface area contributed by atoms with E-state index in [2.05, 4.69) is 0 Å². The molecule has 0 radical (unpaired) electrons. The fourth-order valence-corrected chi connectivity index (χ4v) is 3.19. The molecule has 1 unspecified atom stereocenters. The Bertz CT molecular complexity index is 575. The maximum absolute atomic E-state index is 15.0. The molecule has 0 spiro atoms. The molecule has 1 aliphatic heterocycles. The first-order chi connectivity index (χ1) is 11.4. The van der Waals surface area contributed by atoms with E-state index >= 15 is 0 Å². The minimum Gasteiger partial charge on any atom is -0.466 e. The molecule has 0 saturated carbocycles. The molecule has 1 saturated heterocycles. The summed E-state index contributed by atoms with van der Waals surface area (Å²) in [5.74, 6) is -0.932. The number of benzene rings is 1. The number of ether oxygens (including phenoxy) is 1. The van der Waals surface area contributed by atoms with Crippen LogP contribution in [0.4, 0.5) is 9.18 Å². The van der Waals surface area contributed by atoms with E-state index in [0.717, 1.165) is 16.0 Å². The Kier molecular flexibility index (Phi) is 6.17. The molecule has 5 nitrogen and oxygen atoms in total. The molecular weight excluding hydrogens is 313 g/mol. The number of carboxylic acid groups (broad SMARTS) is 1. The van der Waals surface area contributed by atoms with Gasteiger partial charge in [-0.15, -0.1) is 0 Å². The standard InChI is InChI=1S/C18H24FNO4/c1-3-24-16(21)11-14-8-9-20(18(22)23)15(17(14)19)10-13-6-4-12(2)5-7-13/h4-7,14-15,17H,3,8-11H2,1-2H3,(H,22,23)/t14-,15?,17+/m0/s1. The van der Waals surface area contributed by atoms with Gasteiger partial charge >= 0.3 is 12.1 Å². The van der Waals surface area contributed by atoms with Crippen LogP contribution < -0.4 is 0 Å². The molecule has 1 N–H and O–H groups in total. The molecule has 1 aromatic rings. The van der Waals surface area contributed by atoms with Crippen LogP contribution in [0.15, 0.2) is 24.3 Å². The normalized spacial score (nSPS) is 23.8. The van der Waals surface area contributed by atoms with Crippen molar-refractivity contribution in [3.8, 4) is 0 Å². The predicted molar refractivity (Wildman–Crippen MR) is 87.7 cm³/mol. The summed E-state index contributed by atoms with van der Waals surface area (Å²) in [6, 6.07) is 6.84. The predicted octanol–water partition coefficient (Wildman–Crippen LogP) is 3.20. The highest BCUT2D eigenvalue weighted by Gasteiger charge is 2.41. The average Bonchev–Trinajstić information content (AvgIpc) is 2.53. The number of likely N-dealkylation sites (tertiary alicyclic amines) is 1. The monoisotopic (exact) mass is 337 g/mol. The summed E-state index contributed by atoms with van der Waals surface area (Å²) in [7, 11) is 0. The van der Waals surface area contributed by atoms with Crippen LogP contribution in [0.5, 0.6) is 0 Å². The van der Waals surface area contributed by atoms with Crippen LogP contribution in [0, 0.1) is 12.8 Å². The van der Waals surface area contributed by atoms with Gasteiger partial charge in [-0.1, -0.05) is 29.8 Å². The number of piperidine rings is 1. The third kappa shape index (κ3) is 4.46. The molecule has 1 aromatic carbocycles. The van der Waals surface area contributed by atoms with Crippen molar-refractivity contribution >= 4 is 12.1 Å². The second-order valence-corrected chi connectivity index (χ2v) is 6.24. The molecule has 2 rings (SSSR count). The van der Waals surface area contributed by atoms with Crippen molar-refractivity contribution in [3.63, 3.8) is 0 Å². The summed E-state index contributed by atoms with van der Waals surface area (Å²) in [6.45, 7) is 4.16. The molecule has 1 amide bonds. The Morgan fingerprint density at radius 2 is 2.00 bits per heavy atom. The fourth-order valence-electron chi connectivity index (χ4n) is 3.19. The molecule has 0 bridgehead atoms. The van der Waals surface area contributed by atoms with E-state index in [4.69, 9.17) is 4.74 Å². The van der Waals surface area contributed by atoms with Gasteiger partial charge in [0.1, 0.15) is 6.17 Å². The molecule has 0 aliphatic carbocycles. The number of nitrogens with zero attached hydrogens (tertiary/aromatic N) is 1. The zero-order chi connectivity index (χ0) is 17.7. The Balaban J connectivity index is 2.13. The number of carbonyl (C=O) groups is 2. The minimum atomic E-state index is -1.39. The molecule has 1 heterocycles.